The fraction of sp³-hybridized carbons (Fsp3) is 0.455. The monoisotopic (exact) mass is 222 g/mol. The number of hydrogen-bond donors (Lipinski definition) is 1. The highest BCUT2D eigenvalue weighted by molar-refractivity contribution is 5.49. The minimum absolute atomic E-state index is 0.0358. The Kier molecular flexibility index (Phi) is 3.05. The first-order chi connectivity index (χ1) is 7.72. The Morgan fingerprint density at radius 2 is 2.38 bits per heavy atom. The van der Waals surface area contributed by atoms with Crippen LogP contribution < -0.4 is 10.1 Å². The third-order valence-electron chi connectivity index (χ3n) is 2.86. The van der Waals surface area contributed by atoms with Crippen molar-refractivity contribution >= 4 is 5.69 Å². The van der Waals surface area contributed by atoms with Crippen LogP contribution in [0, 0.1) is 10.1 Å². The van der Waals surface area contributed by atoms with Crippen LogP contribution >= 0.6 is 0 Å². The zero-order valence-corrected chi connectivity index (χ0v) is 9.10. The maximum Gasteiger partial charge on any atom is 0.311 e. The Bertz CT molecular complexity index is 400. The van der Waals surface area contributed by atoms with E-state index in [0.717, 1.165) is 24.9 Å². The van der Waals surface area contributed by atoms with Crippen molar-refractivity contribution in [2.75, 3.05) is 13.7 Å². The molecule has 0 spiro atoms. The molecule has 5 nitrogen and oxygen atoms in total. The van der Waals surface area contributed by atoms with Crippen LogP contribution in [0.5, 0.6) is 5.75 Å². The molecule has 1 aromatic carbocycles. The smallest absolute Gasteiger partial charge is 0.311 e. The molecule has 0 amide bonds. The third kappa shape index (κ3) is 1.99. The standard InChI is InChI=1S/C11H14N2O3/c1-16-11-5-4-8(7-10(11)13(14)15)9-3-2-6-12-9/h4-5,7,9,12H,2-3,6H2,1H3. The second-order valence-corrected chi connectivity index (χ2v) is 3.84. The maximum absolute atomic E-state index is 10.9. The van der Waals surface area contributed by atoms with Crippen LogP contribution in [0.2, 0.25) is 0 Å². The normalized spacial score (nSPS) is 19.7. The molecule has 5 heteroatoms. The number of nitrogens with zero attached hydrogens (tertiary/aromatic N) is 1. The lowest BCUT2D eigenvalue weighted by molar-refractivity contribution is -0.385. The molecule has 1 heterocycles. The van der Waals surface area contributed by atoms with Crippen molar-refractivity contribution in [1.82, 2.24) is 5.32 Å². The van der Waals surface area contributed by atoms with Gasteiger partial charge in [0.1, 0.15) is 0 Å². The first-order valence-corrected chi connectivity index (χ1v) is 5.28. The van der Waals surface area contributed by atoms with Gasteiger partial charge in [0.15, 0.2) is 5.75 Å². The molecule has 16 heavy (non-hydrogen) atoms. The topological polar surface area (TPSA) is 64.4 Å². The van der Waals surface area contributed by atoms with E-state index in [2.05, 4.69) is 5.32 Å². The van der Waals surface area contributed by atoms with Crippen molar-refractivity contribution in [3.8, 4) is 5.75 Å². The van der Waals surface area contributed by atoms with Gasteiger partial charge >= 0.3 is 5.69 Å². The molecular formula is C11H14N2O3. The van der Waals surface area contributed by atoms with Gasteiger partial charge < -0.3 is 10.1 Å². The number of nitro benzene ring substituents is 1. The zero-order chi connectivity index (χ0) is 11.5. The Balaban J connectivity index is 2.34. The predicted molar refractivity (Wildman–Crippen MR) is 59.6 cm³/mol. The van der Waals surface area contributed by atoms with Crippen LogP contribution in [0.1, 0.15) is 24.4 Å². The lowest BCUT2D eigenvalue weighted by Gasteiger charge is -2.11. The summed E-state index contributed by atoms with van der Waals surface area (Å²) >= 11 is 0. The lowest BCUT2D eigenvalue weighted by atomic mass is 10.0. The number of benzene rings is 1. The van der Waals surface area contributed by atoms with Crippen LogP contribution in [-0.4, -0.2) is 18.6 Å². The van der Waals surface area contributed by atoms with E-state index in [1.165, 1.54) is 7.11 Å². The molecule has 0 saturated carbocycles. The summed E-state index contributed by atoms with van der Waals surface area (Å²) in [5.41, 5.74) is 0.999. The van der Waals surface area contributed by atoms with Crippen molar-refractivity contribution in [2.45, 2.75) is 18.9 Å². The first-order valence-electron chi connectivity index (χ1n) is 5.28. The molecule has 2 rings (SSSR count). The Hall–Kier alpha value is -1.62. The first kappa shape index (κ1) is 10.9. The number of ether oxygens (including phenoxy) is 1. The number of rotatable bonds is 3. The molecule has 1 unspecified atom stereocenters. The van der Waals surface area contributed by atoms with Crippen molar-refractivity contribution in [2.24, 2.45) is 0 Å². The van der Waals surface area contributed by atoms with E-state index in [0.29, 0.717) is 5.75 Å². The quantitative estimate of drug-likeness (QED) is 0.627. The van der Waals surface area contributed by atoms with Gasteiger partial charge in [-0.1, -0.05) is 6.07 Å². The van der Waals surface area contributed by atoms with Gasteiger partial charge in [-0.3, -0.25) is 10.1 Å². The Morgan fingerprint density at radius 1 is 1.56 bits per heavy atom. The van der Waals surface area contributed by atoms with Gasteiger partial charge in [0.05, 0.1) is 12.0 Å². The summed E-state index contributed by atoms with van der Waals surface area (Å²) in [6.07, 6.45) is 2.15. The third-order valence-corrected chi connectivity index (χ3v) is 2.86. The van der Waals surface area contributed by atoms with Gasteiger partial charge in [0.25, 0.3) is 0 Å². The minimum Gasteiger partial charge on any atom is -0.490 e. The molecule has 1 atom stereocenters. The molecule has 1 fully saturated rings. The fourth-order valence-electron chi connectivity index (χ4n) is 2.04. The largest absolute Gasteiger partial charge is 0.490 e. The van der Waals surface area contributed by atoms with E-state index in [-0.39, 0.29) is 11.7 Å². The Morgan fingerprint density at radius 3 is 2.94 bits per heavy atom. The number of nitrogens with one attached hydrogen (secondary N) is 1. The summed E-state index contributed by atoms with van der Waals surface area (Å²) in [6.45, 7) is 0.977. The van der Waals surface area contributed by atoms with Gasteiger partial charge in [0.2, 0.25) is 0 Å². The summed E-state index contributed by atoms with van der Waals surface area (Å²) < 4.78 is 4.96. The summed E-state index contributed by atoms with van der Waals surface area (Å²) in [7, 11) is 1.44. The molecule has 1 N–H and O–H groups in total. The van der Waals surface area contributed by atoms with Crippen LogP contribution in [0.15, 0.2) is 18.2 Å². The number of hydrogen-bond acceptors (Lipinski definition) is 4. The second kappa shape index (κ2) is 4.49. The van der Waals surface area contributed by atoms with E-state index < -0.39 is 4.92 Å². The van der Waals surface area contributed by atoms with Crippen LogP contribution in [0.4, 0.5) is 5.69 Å². The highest BCUT2D eigenvalue weighted by Gasteiger charge is 2.21. The van der Waals surface area contributed by atoms with E-state index in [9.17, 15) is 10.1 Å². The van der Waals surface area contributed by atoms with Crippen LogP contribution in [-0.2, 0) is 0 Å². The highest BCUT2D eigenvalue weighted by atomic mass is 16.6. The maximum atomic E-state index is 10.9. The fourth-order valence-corrected chi connectivity index (χ4v) is 2.04. The molecule has 1 aliphatic rings. The molecule has 1 aromatic rings. The van der Waals surface area contributed by atoms with Crippen molar-refractivity contribution in [1.29, 1.82) is 0 Å². The summed E-state index contributed by atoms with van der Waals surface area (Å²) in [6, 6.07) is 5.38. The predicted octanol–water partition coefficient (Wildman–Crippen LogP) is 2.03. The molecule has 0 aromatic heterocycles. The number of methoxy groups -OCH3 is 1. The average Bonchev–Trinajstić information content (AvgIpc) is 2.81. The molecule has 0 bridgehead atoms. The molecule has 1 aliphatic heterocycles. The van der Waals surface area contributed by atoms with Gasteiger partial charge in [-0.15, -0.1) is 0 Å². The molecule has 0 aliphatic carbocycles. The molecule has 0 radical (unpaired) electrons. The van der Waals surface area contributed by atoms with Gasteiger partial charge in [-0.2, -0.15) is 0 Å². The zero-order valence-electron chi connectivity index (χ0n) is 9.10. The SMILES string of the molecule is COc1ccc(C2CCCN2)cc1[N+](=O)[O-]. The average molecular weight is 222 g/mol. The molecular weight excluding hydrogens is 208 g/mol. The van der Waals surface area contributed by atoms with Crippen molar-refractivity contribution < 1.29 is 9.66 Å². The van der Waals surface area contributed by atoms with E-state index in [1.54, 1.807) is 12.1 Å². The van der Waals surface area contributed by atoms with Crippen LogP contribution in [0.25, 0.3) is 0 Å². The lowest BCUT2D eigenvalue weighted by Crippen LogP contribution is -2.13. The minimum atomic E-state index is -0.405. The summed E-state index contributed by atoms with van der Waals surface area (Å²) in [5, 5.41) is 14.2. The van der Waals surface area contributed by atoms with E-state index in [1.807, 2.05) is 6.07 Å². The molecule has 86 valence electrons. The van der Waals surface area contributed by atoms with Gasteiger partial charge in [-0.05, 0) is 31.0 Å². The van der Waals surface area contributed by atoms with E-state index >= 15 is 0 Å². The second-order valence-electron chi connectivity index (χ2n) is 3.84. The number of nitro groups is 1. The summed E-state index contributed by atoms with van der Waals surface area (Å²) in [5.74, 6) is 0.312. The van der Waals surface area contributed by atoms with Gasteiger partial charge in [-0.25, -0.2) is 0 Å². The Labute approximate surface area is 93.6 Å². The van der Waals surface area contributed by atoms with Gasteiger partial charge in [0, 0.05) is 12.1 Å². The van der Waals surface area contributed by atoms with Crippen LogP contribution in [0.3, 0.4) is 0 Å². The molecule has 1 saturated heterocycles. The highest BCUT2D eigenvalue weighted by Crippen LogP contribution is 2.32. The van der Waals surface area contributed by atoms with Crippen molar-refractivity contribution in [3.63, 3.8) is 0 Å². The van der Waals surface area contributed by atoms with E-state index in [4.69, 9.17) is 4.74 Å². The van der Waals surface area contributed by atoms with Crippen molar-refractivity contribution in [3.05, 3.63) is 33.9 Å². The summed E-state index contributed by atoms with van der Waals surface area (Å²) in [4.78, 5) is 10.4.